The topological polar surface area (TPSA) is 94.0 Å². The number of para-hydroxylation sites is 2. The summed E-state index contributed by atoms with van der Waals surface area (Å²) in [6.07, 6.45) is 1.44. The summed E-state index contributed by atoms with van der Waals surface area (Å²) < 4.78 is 0. The van der Waals surface area contributed by atoms with Crippen molar-refractivity contribution in [2.24, 2.45) is 0 Å². The van der Waals surface area contributed by atoms with Crippen molar-refractivity contribution < 1.29 is 4.79 Å². The number of thiazole rings is 1. The minimum absolute atomic E-state index is 0.257. The van der Waals surface area contributed by atoms with E-state index in [1.54, 1.807) is 24.3 Å². The van der Waals surface area contributed by atoms with Crippen LogP contribution in [0.15, 0.2) is 30.5 Å². The number of carbonyl (C=O) groups excluding carboxylic acids is 1. The molecule has 0 saturated carbocycles. The first-order valence-corrected chi connectivity index (χ1v) is 5.35. The third-order valence-electron chi connectivity index (χ3n) is 1.96. The predicted octanol–water partition coefficient (Wildman–Crippen LogP) is 1.56. The van der Waals surface area contributed by atoms with Gasteiger partial charge >= 0.3 is 0 Å². The van der Waals surface area contributed by atoms with E-state index < -0.39 is 0 Å². The van der Waals surface area contributed by atoms with Crippen LogP contribution < -0.4 is 16.8 Å². The van der Waals surface area contributed by atoms with E-state index in [4.69, 9.17) is 11.5 Å². The molecule has 0 unspecified atom stereocenters. The molecule has 1 amide bonds. The molecule has 2 rings (SSSR count). The number of hydrogen-bond acceptors (Lipinski definition) is 5. The molecule has 0 aliphatic carbocycles. The summed E-state index contributed by atoms with van der Waals surface area (Å²) >= 11 is 1.13. The van der Waals surface area contributed by atoms with Crippen molar-refractivity contribution in [3.8, 4) is 0 Å². The van der Waals surface area contributed by atoms with Gasteiger partial charge in [0.05, 0.1) is 17.6 Å². The highest BCUT2D eigenvalue weighted by atomic mass is 32.1. The number of benzene rings is 1. The van der Waals surface area contributed by atoms with E-state index in [1.165, 1.54) is 6.20 Å². The van der Waals surface area contributed by atoms with Gasteiger partial charge in [-0.1, -0.05) is 23.5 Å². The van der Waals surface area contributed by atoms with Crippen LogP contribution in [0.2, 0.25) is 0 Å². The Hall–Kier alpha value is -2.08. The second kappa shape index (κ2) is 4.19. The summed E-state index contributed by atoms with van der Waals surface area (Å²) in [5.41, 5.74) is 12.2. The van der Waals surface area contributed by atoms with Crippen molar-refractivity contribution in [2.75, 3.05) is 16.8 Å². The van der Waals surface area contributed by atoms with Gasteiger partial charge in [-0.25, -0.2) is 4.98 Å². The number of rotatable bonds is 2. The van der Waals surface area contributed by atoms with Crippen LogP contribution in [0.1, 0.15) is 9.67 Å². The zero-order valence-electron chi connectivity index (χ0n) is 8.31. The highest BCUT2D eigenvalue weighted by Crippen LogP contribution is 2.20. The molecule has 0 spiro atoms. The van der Waals surface area contributed by atoms with Gasteiger partial charge in [-0.15, -0.1) is 0 Å². The van der Waals surface area contributed by atoms with E-state index in [1.807, 2.05) is 0 Å². The number of carbonyl (C=O) groups is 1. The fourth-order valence-corrected chi connectivity index (χ4v) is 1.77. The average molecular weight is 234 g/mol. The van der Waals surface area contributed by atoms with E-state index in [2.05, 4.69) is 10.3 Å². The molecule has 1 aromatic carbocycles. The number of anilines is 3. The number of nitrogens with zero attached hydrogens (tertiary/aromatic N) is 1. The average Bonchev–Trinajstić information content (AvgIpc) is 2.68. The van der Waals surface area contributed by atoms with Gasteiger partial charge in [0.25, 0.3) is 5.91 Å². The zero-order chi connectivity index (χ0) is 11.5. The van der Waals surface area contributed by atoms with Crippen molar-refractivity contribution in [3.05, 3.63) is 35.3 Å². The lowest BCUT2D eigenvalue weighted by atomic mass is 10.2. The molecule has 5 N–H and O–H groups in total. The molecular formula is C10H10N4OS. The van der Waals surface area contributed by atoms with Crippen molar-refractivity contribution >= 4 is 33.8 Å². The second-order valence-corrected chi connectivity index (χ2v) is 4.17. The predicted molar refractivity (Wildman–Crippen MR) is 65.3 cm³/mol. The Labute approximate surface area is 96.1 Å². The molecule has 0 aliphatic heterocycles. The summed E-state index contributed by atoms with van der Waals surface area (Å²) in [5, 5.41) is 3.06. The van der Waals surface area contributed by atoms with Crippen LogP contribution in [0.25, 0.3) is 0 Å². The fraction of sp³-hybridized carbons (Fsp3) is 0. The van der Waals surface area contributed by atoms with Crippen LogP contribution in [0.4, 0.5) is 16.5 Å². The van der Waals surface area contributed by atoms with Gasteiger partial charge in [0, 0.05) is 0 Å². The lowest BCUT2D eigenvalue weighted by Gasteiger charge is -2.05. The zero-order valence-corrected chi connectivity index (χ0v) is 9.12. The first-order chi connectivity index (χ1) is 7.66. The molecule has 0 saturated heterocycles. The summed E-state index contributed by atoms with van der Waals surface area (Å²) in [6, 6.07) is 7.05. The van der Waals surface area contributed by atoms with Crippen molar-refractivity contribution in [3.63, 3.8) is 0 Å². The van der Waals surface area contributed by atoms with Crippen molar-refractivity contribution in [1.82, 2.24) is 4.98 Å². The Morgan fingerprint density at radius 2 is 2.06 bits per heavy atom. The standard InChI is InChI=1S/C10H10N4OS/c11-6-3-1-2-4-7(6)14-9(15)8-5-13-10(12)16-8/h1-5H,11H2,(H2,12,13)(H,14,15). The van der Waals surface area contributed by atoms with Crippen LogP contribution in [-0.4, -0.2) is 10.9 Å². The summed E-state index contributed by atoms with van der Waals surface area (Å²) in [5.74, 6) is -0.257. The Balaban J connectivity index is 2.17. The number of nitrogen functional groups attached to an aromatic ring is 2. The Kier molecular flexibility index (Phi) is 2.74. The number of nitrogens with one attached hydrogen (secondary N) is 1. The molecule has 1 heterocycles. The highest BCUT2D eigenvalue weighted by Gasteiger charge is 2.10. The molecule has 0 aliphatic rings. The van der Waals surface area contributed by atoms with Crippen LogP contribution in [0, 0.1) is 0 Å². The van der Waals surface area contributed by atoms with Crippen LogP contribution in [0.5, 0.6) is 0 Å². The van der Waals surface area contributed by atoms with Gasteiger partial charge in [-0.2, -0.15) is 0 Å². The van der Waals surface area contributed by atoms with E-state index in [9.17, 15) is 4.79 Å². The third kappa shape index (κ3) is 2.12. The van der Waals surface area contributed by atoms with Crippen LogP contribution in [-0.2, 0) is 0 Å². The van der Waals surface area contributed by atoms with E-state index >= 15 is 0 Å². The molecule has 1 aromatic heterocycles. The minimum Gasteiger partial charge on any atom is -0.397 e. The first kappa shape index (κ1) is 10.4. The Bertz CT molecular complexity index is 523. The maximum atomic E-state index is 11.7. The van der Waals surface area contributed by atoms with E-state index in [0.29, 0.717) is 21.4 Å². The first-order valence-electron chi connectivity index (χ1n) is 4.54. The molecule has 2 aromatic rings. The molecule has 5 nitrogen and oxygen atoms in total. The number of nitrogens with two attached hydrogens (primary N) is 2. The van der Waals surface area contributed by atoms with E-state index in [0.717, 1.165) is 11.3 Å². The van der Waals surface area contributed by atoms with Crippen LogP contribution >= 0.6 is 11.3 Å². The molecule has 82 valence electrons. The number of aromatic nitrogens is 1. The summed E-state index contributed by atoms with van der Waals surface area (Å²) in [4.78, 5) is 16.0. The summed E-state index contributed by atoms with van der Waals surface area (Å²) in [6.45, 7) is 0. The Morgan fingerprint density at radius 1 is 1.31 bits per heavy atom. The monoisotopic (exact) mass is 234 g/mol. The molecular weight excluding hydrogens is 224 g/mol. The quantitative estimate of drug-likeness (QED) is 0.687. The molecule has 0 fully saturated rings. The Morgan fingerprint density at radius 3 is 2.69 bits per heavy atom. The van der Waals surface area contributed by atoms with Crippen molar-refractivity contribution in [2.45, 2.75) is 0 Å². The third-order valence-corrected chi connectivity index (χ3v) is 2.78. The SMILES string of the molecule is Nc1ncc(C(=O)Nc2ccccc2N)s1. The number of hydrogen-bond donors (Lipinski definition) is 3. The summed E-state index contributed by atoms with van der Waals surface area (Å²) in [7, 11) is 0. The molecule has 0 atom stereocenters. The van der Waals surface area contributed by atoms with Gasteiger partial charge in [0.15, 0.2) is 5.13 Å². The maximum absolute atomic E-state index is 11.7. The largest absolute Gasteiger partial charge is 0.397 e. The number of amides is 1. The second-order valence-electron chi connectivity index (χ2n) is 3.10. The van der Waals surface area contributed by atoms with Gasteiger partial charge in [-0.3, -0.25) is 4.79 Å². The van der Waals surface area contributed by atoms with Gasteiger partial charge in [-0.05, 0) is 12.1 Å². The molecule has 6 heteroatoms. The van der Waals surface area contributed by atoms with Crippen LogP contribution in [0.3, 0.4) is 0 Å². The van der Waals surface area contributed by atoms with Crippen molar-refractivity contribution in [1.29, 1.82) is 0 Å². The highest BCUT2D eigenvalue weighted by molar-refractivity contribution is 7.17. The molecule has 16 heavy (non-hydrogen) atoms. The maximum Gasteiger partial charge on any atom is 0.267 e. The lowest BCUT2D eigenvalue weighted by Crippen LogP contribution is -2.11. The minimum atomic E-state index is -0.257. The lowest BCUT2D eigenvalue weighted by molar-refractivity contribution is 0.103. The fourth-order valence-electron chi connectivity index (χ4n) is 1.19. The van der Waals surface area contributed by atoms with E-state index in [-0.39, 0.29) is 5.91 Å². The van der Waals surface area contributed by atoms with Gasteiger partial charge in [0.2, 0.25) is 0 Å². The molecule has 0 radical (unpaired) electrons. The van der Waals surface area contributed by atoms with Gasteiger partial charge < -0.3 is 16.8 Å². The normalized spacial score (nSPS) is 10.0. The van der Waals surface area contributed by atoms with Gasteiger partial charge in [0.1, 0.15) is 4.88 Å². The smallest absolute Gasteiger partial charge is 0.267 e. The molecule has 0 bridgehead atoms.